The van der Waals surface area contributed by atoms with Crippen LogP contribution >= 0.6 is 7.82 Å². The van der Waals surface area contributed by atoms with Crippen molar-refractivity contribution in [3.05, 3.63) is 36.5 Å². The molecule has 1 fully saturated rings. The van der Waals surface area contributed by atoms with Crippen LogP contribution in [0.15, 0.2) is 36.5 Å². The van der Waals surface area contributed by atoms with Crippen molar-refractivity contribution in [2.45, 2.75) is 262 Å². The average molecular weight is 931 g/mol. The minimum Gasteiger partial charge on any atom is -0.457 e. The number of phosphoric ester groups is 1. The lowest BCUT2D eigenvalue weighted by atomic mass is 9.85. The van der Waals surface area contributed by atoms with E-state index in [2.05, 4.69) is 50.3 Å². The van der Waals surface area contributed by atoms with Crippen molar-refractivity contribution < 1.29 is 58.3 Å². The van der Waals surface area contributed by atoms with Gasteiger partial charge in [-0.15, -0.1) is 0 Å². The normalized spacial score (nSPS) is 21.9. The molecular formula is C51H95O12P. The maximum atomic E-state index is 12.8. The van der Waals surface area contributed by atoms with E-state index >= 15 is 0 Å². The van der Waals surface area contributed by atoms with Crippen LogP contribution in [0, 0.1) is 0 Å². The molecule has 13 heteroatoms. The van der Waals surface area contributed by atoms with Crippen LogP contribution in [-0.2, 0) is 27.9 Å². The van der Waals surface area contributed by atoms with Crippen molar-refractivity contribution >= 4 is 13.8 Å². The van der Waals surface area contributed by atoms with Crippen LogP contribution in [0.2, 0.25) is 0 Å². The van der Waals surface area contributed by atoms with Gasteiger partial charge in [-0.05, 0) is 51.4 Å². The number of hydrogen-bond acceptors (Lipinski definition) is 11. The number of aliphatic hydroxyl groups is 5. The zero-order chi connectivity index (χ0) is 46.9. The molecule has 0 heterocycles. The van der Waals surface area contributed by atoms with Crippen LogP contribution in [0.3, 0.4) is 0 Å². The van der Waals surface area contributed by atoms with Gasteiger partial charge in [0, 0.05) is 13.0 Å². The highest BCUT2D eigenvalue weighted by Gasteiger charge is 2.51. The van der Waals surface area contributed by atoms with Crippen LogP contribution in [0.25, 0.3) is 0 Å². The quantitative estimate of drug-likeness (QED) is 0.0147. The Kier molecular flexibility index (Phi) is 39.5. The Morgan fingerprint density at radius 2 is 0.875 bits per heavy atom. The smallest absolute Gasteiger partial charge is 0.457 e. The summed E-state index contributed by atoms with van der Waals surface area (Å²) in [6.45, 7) is 4.25. The van der Waals surface area contributed by atoms with E-state index in [-0.39, 0.29) is 13.0 Å². The standard InChI is InChI=1S/C51H95O12P/c1-3-5-7-9-11-13-15-17-19-20-21-22-23-24-25-27-29-31-33-35-37-39-41-60-42-44(43-61-64(58,59)63-51-49(56)47(54)46(53)48(55)50(51)57)62-45(52)40-38-36-34-32-30-28-26-18-16-14-12-10-8-6-4-2/h15,17,20-21,23-24,44,46-51,53-57H,3-14,16,18-19,22,25-43H2,1-2H3,(H,58,59)/b17-15-,21-20-,24-23-. The van der Waals surface area contributed by atoms with Crippen molar-refractivity contribution in [1.82, 2.24) is 0 Å². The Morgan fingerprint density at radius 1 is 0.500 bits per heavy atom. The van der Waals surface area contributed by atoms with E-state index in [0.717, 1.165) is 64.2 Å². The molecule has 0 saturated heterocycles. The van der Waals surface area contributed by atoms with Gasteiger partial charge in [0.15, 0.2) is 0 Å². The highest BCUT2D eigenvalue weighted by Crippen LogP contribution is 2.47. The van der Waals surface area contributed by atoms with E-state index in [9.17, 15) is 39.8 Å². The zero-order valence-corrected chi connectivity index (χ0v) is 41.2. The van der Waals surface area contributed by atoms with Crippen molar-refractivity contribution in [3.63, 3.8) is 0 Å². The molecule has 0 bridgehead atoms. The number of carbonyl (C=O) groups excluding carboxylic acids is 1. The first kappa shape index (κ1) is 60.6. The van der Waals surface area contributed by atoms with E-state index < -0.39 is 63.1 Å². The summed E-state index contributed by atoms with van der Waals surface area (Å²) in [5.41, 5.74) is 0. The monoisotopic (exact) mass is 931 g/mol. The number of ether oxygens (including phenoxy) is 2. The highest BCUT2D eigenvalue weighted by atomic mass is 31.2. The van der Waals surface area contributed by atoms with E-state index in [1.54, 1.807) is 0 Å². The Bertz CT molecular complexity index is 1200. The first-order valence-corrected chi connectivity index (χ1v) is 27.3. The predicted octanol–water partition coefficient (Wildman–Crippen LogP) is 11.4. The van der Waals surface area contributed by atoms with Crippen LogP contribution in [0.5, 0.6) is 0 Å². The maximum Gasteiger partial charge on any atom is 0.472 e. The second-order valence-corrected chi connectivity index (χ2v) is 19.4. The summed E-state index contributed by atoms with van der Waals surface area (Å²) < 4.78 is 34.3. The van der Waals surface area contributed by atoms with Gasteiger partial charge >= 0.3 is 13.8 Å². The fourth-order valence-corrected chi connectivity index (χ4v) is 8.87. The van der Waals surface area contributed by atoms with Gasteiger partial charge in [0.2, 0.25) is 0 Å². The SMILES string of the molecule is CCCCCCC/C=C\C/C=C\C/C=C\CCCCCCCCCOCC(COP(=O)(O)OC1C(O)C(O)C(O)C(O)C1O)OC(=O)CCCCCCCCCCCCCCCCC. The van der Waals surface area contributed by atoms with E-state index in [1.807, 2.05) is 0 Å². The lowest BCUT2D eigenvalue weighted by Gasteiger charge is -2.41. The van der Waals surface area contributed by atoms with E-state index in [4.69, 9.17) is 18.5 Å². The lowest BCUT2D eigenvalue weighted by Crippen LogP contribution is -2.64. The Labute approximate surface area is 389 Å². The minimum absolute atomic E-state index is 0.0808. The lowest BCUT2D eigenvalue weighted by molar-refractivity contribution is -0.220. The number of hydrogen-bond donors (Lipinski definition) is 6. The Morgan fingerprint density at radius 3 is 1.33 bits per heavy atom. The Balaban J connectivity index is 2.34. The summed E-state index contributed by atoms with van der Waals surface area (Å²) in [5, 5.41) is 50.3. The molecule has 0 aliphatic heterocycles. The third kappa shape index (κ3) is 33.1. The molecule has 64 heavy (non-hydrogen) atoms. The average Bonchev–Trinajstić information content (AvgIpc) is 3.28. The van der Waals surface area contributed by atoms with Gasteiger partial charge in [-0.3, -0.25) is 13.8 Å². The number of rotatable bonds is 44. The molecule has 6 N–H and O–H groups in total. The van der Waals surface area contributed by atoms with Gasteiger partial charge in [-0.1, -0.05) is 198 Å². The molecule has 0 spiro atoms. The summed E-state index contributed by atoms with van der Waals surface area (Å²) in [6, 6.07) is 0. The first-order valence-electron chi connectivity index (χ1n) is 25.8. The molecule has 0 aromatic carbocycles. The highest BCUT2D eigenvalue weighted by molar-refractivity contribution is 7.47. The van der Waals surface area contributed by atoms with Crippen molar-refractivity contribution in [2.75, 3.05) is 19.8 Å². The second-order valence-electron chi connectivity index (χ2n) is 18.0. The van der Waals surface area contributed by atoms with Gasteiger partial charge in [0.1, 0.15) is 42.7 Å². The van der Waals surface area contributed by atoms with Gasteiger partial charge in [-0.2, -0.15) is 0 Å². The number of unbranched alkanes of at least 4 members (excludes halogenated alkanes) is 26. The van der Waals surface area contributed by atoms with E-state index in [0.29, 0.717) is 13.0 Å². The van der Waals surface area contributed by atoms with Gasteiger partial charge in [0.05, 0.1) is 13.2 Å². The van der Waals surface area contributed by atoms with Crippen LogP contribution < -0.4 is 0 Å². The molecule has 0 aromatic heterocycles. The summed E-state index contributed by atoms with van der Waals surface area (Å²) in [4.78, 5) is 23.2. The largest absolute Gasteiger partial charge is 0.472 e. The summed E-state index contributed by atoms with van der Waals surface area (Å²) in [6.07, 6.45) is 37.8. The third-order valence-corrected chi connectivity index (χ3v) is 13.0. The van der Waals surface area contributed by atoms with Crippen LogP contribution in [-0.4, -0.2) is 98.9 Å². The molecule has 6 atom stereocenters. The minimum atomic E-state index is -5.02. The number of carbonyl (C=O) groups is 1. The topological polar surface area (TPSA) is 192 Å². The number of allylic oxidation sites excluding steroid dienone is 6. The first-order chi connectivity index (χ1) is 31.0. The third-order valence-electron chi connectivity index (χ3n) is 12.0. The van der Waals surface area contributed by atoms with Crippen molar-refractivity contribution in [2.24, 2.45) is 0 Å². The second kappa shape index (κ2) is 41.7. The molecule has 0 amide bonds. The van der Waals surface area contributed by atoms with Crippen molar-refractivity contribution in [1.29, 1.82) is 0 Å². The molecule has 0 aromatic rings. The van der Waals surface area contributed by atoms with Gasteiger partial charge in [0.25, 0.3) is 0 Å². The maximum absolute atomic E-state index is 12.8. The van der Waals surface area contributed by atoms with Crippen molar-refractivity contribution in [3.8, 4) is 0 Å². The summed E-state index contributed by atoms with van der Waals surface area (Å²) in [5.74, 6) is -0.478. The zero-order valence-electron chi connectivity index (χ0n) is 40.3. The van der Waals surface area contributed by atoms with Crippen LogP contribution in [0.4, 0.5) is 0 Å². The summed E-state index contributed by atoms with van der Waals surface area (Å²) in [7, 11) is -5.02. The molecule has 376 valence electrons. The molecule has 12 nitrogen and oxygen atoms in total. The summed E-state index contributed by atoms with van der Waals surface area (Å²) >= 11 is 0. The molecule has 6 unspecified atom stereocenters. The molecule has 1 saturated carbocycles. The number of esters is 1. The molecule has 0 radical (unpaired) electrons. The predicted molar refractivity (Wildman–Crippen MR) is 258 cm³/mol. The Hall–Kier alpha value is -1.44. The van der Waals surface area contributed by atoms with Gasteiger partial charge in [-0.25, -0.2) is 4.57 Å². The van der Waals surface area contributed by atoms with Gasteiger partial charge < -0.3 is 39.9 Å². The fraction of sp³-hybridized carbons (Fsp3) is 0.863. The molecule has 1 rings (SSSR count). The number of aliphatic hydroxyl groups excluding tert-OH is 5. The van der Waals surface area contributed by atoms with Crippen LogP contribution in [0.1, 0.15) is 219 Å². The molecular weight excluding hydrogens is 836 g/mol. The van der Waals surface area contributed by atoms with E-state index in [1.165, 1.54) is 128 Å². The molecule has 1 aliphatic rings. The fourth-order valence-electron chi connectivity index (χ4n) is 7.89. The molecule has 1 aliphatic carbocycles. The number of phosphoric acid groups is 1.